The van der Waals surface area contributed by atoms with Gasteiger partial charge in [0.05, 0.1) is 13.2 Å². The van der Waals surface area contributed by atoms with Crippen LogP contribution in [0, 0.1) is 0 Å². The molecule has 0 saturated heterocycles. The lowest BCUT2D eigenvalue weighted by Gasteiger charge is -2.06. The molecule has 4 heteroatoms. The van der Waals surface area contributed by atoms with Gasteiger partial charge in [0.15, 0.2) is 0 Å². The fourth-order valence-corrected chi connectivity index (χ4v) is 1.19. The Kier molecular flexibility index (Phi) is 9.64. The molecule has 0 atom stereocenters. The molecule has 0 fully saturated rings. The Balaban J connectivity index is 3.48. The SMILES string of the molecule is C=CC(=O)OCCCCOC(=O)C(=C)CCCC. The fourth-order valence-electron chi connectivity index (χ4n) is 1.19. The van der Waals surface area contributed by atoms with Crippen molar-refractivity contribution in [2.24, 2.45) is 0 Å². The van der Waals surface area contributed by atoms with E-state index >= 15 is 0 Å². The summed E-state index contributed by atoms with van der Waals surface area (Å²) in [5.41, 5.74) is 0.523. The van der Waals surface area contributed by atoms with Gasteiger partial charge in [0.1, 0.15) is 0 Å². The van der Waals surface area contributed by atoms with Crippen LogP contribution >= 0.6 is 0 Å². The predicted molar refractivity (Wildman–Crippen MR) is 70.0 cm³/mol. The standard InChI is InChI=1S/C14H22O4/c1-4-6-9-12(3)14(16)18-11-8-7-10-17-13(15)5-2/h5H,2-4,6-11H2,1H3. The lowest BCUT2D eigenvalue weighted by atomic mass is 10.1. The van der Waals surface area contributed by atoms with Gasteiger partial charge in [-0.05, 0) is 25.7 Å². The molecule has 18 heavy (non-hydrogen) atoms. The predicted octanol–water partition coefficient (Wildman–Crippen LogP) is 2.79. The summed E-state index contributed by atoms with van der Waals surface area (Å²) >= 11 is 0. The average Bonchev–Trinajstić information content (AvgIpc) is 2.39. The first-order chi connectivity index (χ1) is 8.61. The van der Waals surface area contributed by atoms with Crippen molar-refractivity contribution in [3.05, 3.63) is 24.8 Å². The van der Waals surface area contributed by atoms with Crippen LogP contribution in [0.5, 0.6) is 0 Å². The summed E-state index contributed by atoms with van der Waals surface area (Å²) in [6.45, 7) is 9.68. The summed E-state index contributed by atoms with van der Waals surface area (Å²) in [5, 5.41) is 0. The normalized spacial score (nSPS) is 9.61. The van der Waals surface area contributed by atoms with Gasteiger partial charge < -0.3 is 9.47 Å². The Labute approximate surface area is 109 Å². The van der Waals surface area contributed by atoms with E-state index in [1.54, 1.807) is 0 Å². The number of esters is 2. The summed E-state index contributed by atoms with van der Waals surface area (Å²) in [6, 6.07) is 0. The second-order valence-corrected chi connectivity index (χ2v) is 3.92. The smallest absolute Gasteiger partial charge is 0.333 e. The van der Waals surface area contributed by atoms with Gasteiger partial charge in [0.2, 0.25) is 0 Å². The van der Waals surface area contributed by atoms with Crippen LogP contribution < -0.4 is 0 Å². The van der Waals surface area contributed by atoms with Crippen molar-refractivity contribution in [1.82, 2.24) is 0 Å². The Morgan fingerprint density at radius 2 is 1.72 bits per heavy atom. The lowest BCUT2D eigenvalue weighted by molar-refractivity contribution is -0.141. The van der Waals surface area contributed by atoms with Crippen LogP contribution in [0.25, 0.3) is 0 Å². The number of hydrogen-bond acceptors (Lipinski definition) is 4. The van der Waals surface area contributed by atoms with Gasteiger partial charge in [0.25, 0.3) is 0 Å². The highest BCUT2D eigenvalue weighted by molar-refractivity contribution is 5.87. The molecule has 0 N–H and O–H groups in total. The van der Waals surface area contributed by atoms with Gasteiger partial charge in [-0.3, -0.25) is 0 Å². The third-order valence-electron chi connectivity index (χ3n) is 2.30. The van der Waals surface area contributed by atoms with Crippen molar-refractivity contribution < 1.29 is 19.1 Å². The Bertz CT molecular complexity index is 294. The van der Waals surface area contributed by atoms with Crippen LogP contribution in [0.3, 0.4) is 0 Å². The van der Waals surface area contributed by atoms with Crippen LogP contribution in [0.2, 0.25) is 0 Å². The number of ether oxygens (including phenoxy) is 2. The van der Waals surface area contributed by atoms with Crippen molar-refractivity contribution in [3.8, 4) is 0 Å². The first-order valence-corrected chi connectivity index (χ1v) is 6.25. The molecule has 0 spiro atoms. The van der Waals surface area contributed by atoms with Crippen molar-refractivity contribution in [3.63, 3.8) is 0 Å². The zero-order valence-corrected chi connectivity index (χ0v) is 11.1. The highest BCUT2D eigenvalue weighted by atomic mass is 16.5. The van der Waals surface area contributed by atoms with E-state index in [9.17, 15) is 9.59 Å². The number of hydrogen-bond donors (Lipinski definition) is 0. The molecule has 0 aromatic heterocycles. The highest BCUT2D eigenvalue weighted by Gasteiger charge is 2.07. The average molecular weight is 254 g/mol. The molecule has 0 bridgehead atoms. The molecule has 102 valence electrons. The lowest BCUT2D eigenvalue weighted by Crippen LogP contribution is -2.09. The second-order valence-electron chi connectivity index (χ2n) is 3.92. The summed E-state index contributed by atoms with van der Waals surface area (Å²) in [6.07, 6.45) is 5.11. The summed E-state index contributed by atoms with van der Waals surface area (Å²) in [4.78, 5) is 22.1. The van der Waals surface area contributed by atoms with E-state index in [0.29, 0.717) is 38.0 Å². The maximum absolute atomic E-state index is 11.4. The number of carbonyl (C=O) groups excluding carboxylic acids is 2. The Morgan fingerprint density at radius 3 is 2.28 bits per heavy atom. The number of rotatable bonds is 10. The highest BCUT2D eigenvalue weighted by Crippen LogP contribution is 2.07. The van der Waals surface area contributed by atoms with E-state index in [2.05, 4.69) is 20.1 Å². The van der Waals surface area contributed by atoms with Gasteiger partial charge in [0, 0.05) is 11.6 Å². The van der Waals surface area contributed by atoms with Crippen LogP contribution in [0.4, 0.5) is 0 Å². The van der Waals surface area contributed by atoms with Crippen LogP contribution in [-0.4, -0.2) is 25.2 Å². The van der Waals surface area contributed by atoms with E-state index in [1.165, 1.54) is 0 Å². The van der Waals surface area contributed by atoms with Crippen molar-refractivity contribution in [1.29, 1.82) is 0 Å². The second kappa shape index (κ2) is 10.6. The maximum atomic E-state index is 11.4. The van der Waals surface area contributed by atoms with Crippen LogP contribution in [0.15, 0.2) is 24.8 Å². The largest absolute Gasteiger partial charge is 0.463 e. The molecule has 0 amide bonds. The van der Waals surface area contributed by atoms with E-state index < -0.39 is 5.97 Å². The zero-order chi connectivity index (χ0) is 13.8. The Hall–Kier alpha value is -1.58. The molecule has 0 aliphatic heterocycles. The molecule has 0 aromatic carbocycles. The van der Waals surface area contributed by atoms with Crippen LogP contribution in [-0.2, 0) is 19.1 Å². The molecule has 0 heterocycles. The van der Waals surface area contributed by atoms with Gasteiger partial charge in [-0.15, -0.1) is 0 Å². The summed E-state index contributed by atoms with van der Waals surface area (Å²) < 4.78 is 9.82. The van der Waals surface area contributed by atoms with E-state index in [1.807, 2.05) is 0 Å². The van der Waals surface area contributed by atoms with Gasteiger partial charge in [-0.25, -0.2) is 9.59 Å². The maximum Gasteiger partial charge on any atom is 0.333 e. The summed E-state index contributed by atoms with van der Waals surface area (Å²) in [7, 11) is 0. The van der Waals surface area contributed by atoms with Crippen LogP contribution in [0.1, 0.15) is 39.0 Å². The fraction of sp³-hybridized carbons (Fsp3) is 0.571. The zero-order valence-electron chi connectivity index (χ0n) is 11.1. The topological polar surface area (TPSA) is 52.6 Å². The molecule has 0 rings (SSSR count). The van der Waals surface area contributed by atoms with E-state index in [-0.39, 0.29) is 5.97 Å². The molecule has 0 radical (unpaired) electrons. The van der Waals surface area contributed by atoms with Gasteiger partial charge in [-0.1, -0.05) is 26.5 Å². The van der Waals surface area contributed by atoms with Crippen molar-refractivity contribution in [2.45, 2.75) is 39.0 Å². The monoisotopic (exact) mass is 254 g/mol. The molecule has 0 aliphatic carbocycles. The number of carbonyl (C=O) groups is 2. The van der Waals surface area contributed by atoms with Gasteiger partial charge in [-0.2, -0.15) is 0 Å². The molecular formula is C14H22O4. The number of unbranched alkanes of at least 4 members (excludes halogenated alkanes) is 2. The van der Waals surface area contributed by atoms with E-state index in [4.69, 9.17) is 9.47 Å². The molecule has 4 nitrogen and oxygen atoms in total. The molecule has 0 aromatic rings. The molecule has 0 unspecified atom stereocenters. The van der Waals surface area contributed by atoms with Gasteiger partial charge >= 0.3 is 11.9 Å². The molecule has 0 aliphatic rings. The quantitative estimate of drug-likeness (QED) is 0.342. The van der Waals surface area contributed by atoms with E-state index in [0.717, 1.165) is 18.9 Å². The summed E-state index contributed by atoms with van der Waals surface area (Å²) in [5.74, 6) is -0.758. The third-order valence-corrected chi connectivity index (χ3v) is 2.30. The molecule has 0 saturated carbocycles. The molecular weight excluding hydrogens is 232 g/mol. The van der Waals surface area contributed by atoms with Crippen molar-refractivity contribution >= 4 is 11.9 Å². The minimum Gasteiger partial charge on any atom is -0.463 e. The minimum absolute atomic E-state index is 0.319. The minimum atomic E-state index is -0.431. The first kappa shape index (κ1) is 16.4. The third kappa shape index (κ3) is 8.56. The van der Waals surface area contributed by atoms with Crippen molar-refractivity contribution in [2.75, 3.05) is 13.2 Å². The first-order valence-electron chi connectivity index (χ1n) is 6.25. The Morgan fingerprint density at radius 1 is 1.11 bits per heavy atom.